The highest BCUT2D eigenvalue weighted by atomic mass is 14.8. The Balaban J connectivity index is 2.96. The maximum atomic E-state index is 5.50. The second kappa shape index (κ2) is 3.19. The van der Waals surface area contributed by atoms with Gasteiger partial charge in [0, 0.05) is 0 Å². The maximum Gasteiger partial charge on any atom is 0.124 e. The van der Waals surface area contributed by atoms with Gasteiger partial charge < -0.3 is 5.73 Å². The average Bonchev–Trinajstić information content (AvgIpc) is 2.03. The summed E-state index contributed by atoms with van der Waals surface area (Å²) in [6.45, 7) is 5.92. The molecule has 1 aromatic heterocycles. The normalized spacial score (nSPS) is 9.55. The Morgan fingerprint density at radius 1 is 1.64 bits per heavy atom. The first kappa shape index (κ1) is 7.79. The van der Waals surface area contributed by atoms with Crippen LogP contribution in [0.3, 0.4) is 0 Å². The van der Waals surface area contributed by atoms with Crippen molar-refractivity contribution in [3.05, 3.63) is 30.5 Å². The van der Waals surface area contributed by atoms with Crippen LogP contribution in [0.25, 0.3) is 5.57 Å². The number of hydrogen-bond donors (Lipinski definition) is 1. The highest BCUT2D eigenvalue weighted by Gasteiger charge is 1.96. The van der Waals surface area contributed by atoms with E-state index in [0.717, 1.165) is 17.7 Å². The van der Waals surface area contributed by atoms with Crippen LogP contribution >= 0.6 is 0 Å². The van der Waals surface area contributed by atoms with Gasteiger partial charge >= 0.3 is 0 Å². The van der Waals surface area contributed by atoms with Crippen LogP contribution in [0, 0.1) is 0 Å². The van der Waals surface area contributed by atoms with Gasteiger partial charge in [0.15, 0.2) is 0 Å². The zero-order valence-corrected chi connectivity index (χ0v) is 6.67. The molecule has 0 fully saturated rings. The zero-order valence-electron chi connectivity index (χ0n) is 6.67. The van der Waals surface area contributed by atoms with Crippen molar-refractivity contribution in [2.24, 2.45) is 0 Å². The number of nitrogens with two attached hydrogens (primary N) is 1. The predicted octanol–water partition coefficient (Wildman–Crippen LogP) is 2.09. The highest BCUT2D eigenvalue weighted by Crippen LogP contribution is 2.13. The Hall–Kier alpha value is -1.31. The van der Waals surface area contributed by atoms with Crippen molar-refractivity contribution in [3.8, 4) is 0 Å². The molecule has 1 rings (SSSR count). The number of nitrogen functional groups attached to an aromatic ring is 1. The third-order valence-corrected chi connectivity index (χ3v) is 1.56. The van der Waals surface area contributed by atoms with Gasteiger partial charge in [-0.1, -0.05) is 19.6 Å². The van der Waals surface area contributed by atoms with E-state index >= 15 is 0 Å². The van der Waals surface area contributed by atoms with Gasteiger partial charge in [-0.15, -0.1) is 0 Å². The molecule has 0 amide bonds. The van der Waals surface area contributed by atoms with Gasteiger partial charge in [0.25, 0.3) is 0 Å². The summed E-state index contributed by atoms with van der Waals surface area (Å²) < 4.78 is 0. The largest absolute Gasteiger partial charge is 0.384 e. The van der Waals surface area contributed by atoms with Crippen LogP contribution in [0.5, 0.6) is 0 Å². The molecule has 0 aliphatic carbocycles. The SMILES string of the molecule is C=C(CC)c1cccc(N)n1. The number of hydrogen-bond acceptors (Lipinski definition) is 2. The van der Waals surface area contributed by atoms with E-state index in [1.165, 1.54) is 0 Å². The molecule has 0 bridgehead atoms. The van der Waals surface area contributed by atoms with Gasteiger partial charge in [-0.05, 0) is 24.1 Å². The predicted molar refractivity (Wildman–Crippen MR) is 48.0 cm³/mol. The molecule has 58 valence electrons. The first-order valence-electron chi connectivity index (χ1n) is 3.64. The van der Waals surface area contributed by atoms with Gasteiger partial charge in [0.1, 0.15) is 5.82 Å². The van der Waals surface area contributed by atoms with Crippen LogP contribution in [-0.2, 0) is 0 Å². The molecule has 0 saturated carbocycles. The molecule has 2 heteroatoms. The second-order valence-electron chi connectivity index (χ2n) is 2.40. The number of rotatable bonds is 2. The Labute approximate surface area is 66.8 Å². The summed E-state index contributed by atoms with van der Waals surface area (Å²) in [5, 5.41) is 0. The van der Waals surface area contributed by atoms with Crippen molar-refractivity contribution in [3.63, 3.8) is 0 Å². The monoisotopic (exact) mass is 148 g/mol. The second-order valence-corrected chi connectivity index (χ2v) is 2.40. The van der Waals surface area contributed by atoms with E-state index in [0.29, 0.717) is 5.82 Å². The highest BCUT2D eigenvalue weighted by molar-refractivity contribution is 5.60. The van der Waals surface area contributed by atoms with Gasteiger partial charge in [0.05, 0.1) is 5.69 Å². The van der Waals surface area contributed by atoms with Crippen LogP contribution in [0.1, 0.15) is 19.0 Å². The molecule has 0 aromatic carbocycles. The summed E-state index contributed by atoms with van der Waals surface area (Å²) in [7, 11) is 0. The van der Waals surface area contributed by atoms with E-state index in [4.69, 9.17) is 5.73 Å². The molecular weight excluding hydrogens is 136 g/mol. The lowest BCUT2D eigenvalue weighted by molar-refractivity contribution is 1.19. The van der Waals surface area contributed by atoms with E-state index in [9.17, 15) is 0 Å². The summed E-state index contributed by atoms with van der Waals surface area (Å²) >= 11 is 0. The first-order valence-corrected chi connectivity index (χ1v) is 3.64. The Kier molecular flexibility index (Phi) is 2.26. The van der Waals surface area contributed by atoms with Crippen molar-refractivity contribution in [2.75, 3.05) is 5.73 Å². The summed E-state index contributed by atoms with van der Waals surface area (Å²) in [6, 6.07) is 5.58. The van der Waals surface area contributed by atoms with Crippen molar-refractivity contribution in [2.45, 2.75) is 13.3 Å². The number of allylic oxidation sites excluding steroid dienone is 1. The molecule has 0 atom stereocenters. The number of nitrogens with zero attached hydrogens (tertiary/aromatic N) is 1. The molecule has 0 radical (unpaired) electrons. The van der Waals surface area contributed by atoms with Crippen LogP contribution in [0.2, 0.25) is 0 Å². The fourth-order valence-corrected chi connectivity index (χ4v) is 0.829. The lowest BCUT2D eigenvalue weighted by atomic mass is 10.1. The number of anilines is 1. The Bertz CT molecular complexity index is 266. The Morgan fingerprint density at radius 2 is 2.36 bits per heavy atom. The average molecular weight is 148 g/mol. The fraction of sp³-hybridized carbons (Fsp3) is 0.222. The van der Waals surface area contributed by atoms with Gasteiger partial charge in [-0.3, -0.25) is 0 Å². The summed E-state index contributed by atoms with van der Waals surface area (Å²) in [5.74, 6) is 0.553. The topological polar surface area (TPSA) is 38.9 Å². The third kappa shape index (κ3) is 1.80. The molecule has 0 aliphatic heterocycles. The third-order valence-electron chi connectivity index (χ3n) is 1.56. The minimum absolute atomic E-state index is 0.553. The first-order chi connectivity index (χ1) is 5.24. The smallest absolute Gasteiger partial charge is 0.124 e. The molecule has 2 N–H and O–H groups in total. The molecule has 0 saturated heterocycles. The lowest BCUT2D eigenvalue weighted by Gasteiger charge is -2.01. The standard InChI is InChI=1S/C9H12N2/c1-3-7(2)8-5-4-6-9(10)11-8/h4-6H,2-3H2,1H3,(H2,10,11). The summed E-state index contributed by atoms with van der Waals surface area (Å²) in [4.78, 5) is 4.12. The quantitative estimate of drug-likeness (QED) is 0.697. The zero-order chi connectivity index (χ0) is 8.27. The minimum Gasteiger partial charge on any atom is -0.384 e. The van der Waals surface area contributed by atoms with Crippen LogP contribution in [0.15, 0.2) is 24.8 Å². The summed E-state index contributed by atoms with van der Waals surface area (Å²) in [6.07, 6.45) is 0.913. The minimum atomic E-state index is 0.553. The van der Waals surface area contributed by atoms with E-state index in [2.05, 4.69) is 11.6 Å². The van der Waals surface area contributed by atoms with Gasteiger partial charge in [0.2, 0.25) is 0 Å². The molecule has 0 unspecified atom stereocenters. The van der Waals surface area contributed by atoms with Gasteiger partial charge in [-0.2, -0.15) is 0 Å². The van der Waals surface area contributed by atoms with E-state index in [1.54, 1.807) is 6.07 Å². The molecule has 1 aromatic rings. The van der Waals surface area contributed by atoms with Crippen molar-refractivity contribution in [1.29, 1.82) is 0 Å². The van der Waals surface area contributed by atoms with Crippen molar-refractivity contribution >= 4 is 11.4 Å². The molecule has 1 heterocycles. The van der Waals surface area contributed by atoms with E-state index < -0.39 is 0 Å². The molecule has 0 aliphatic rings. The molecular formula is C9H12N2. The van der Waals surface area contributed by atoms with Crippen molar-refractivity contribution < 1.29 is 0 Å². The summed E-state index contributed by atoms with van der Waals surface area (Å²) in [5.41, 5.74) is 7.42. The molecule has 11 heavy (non-hydrogen) atoms. The fourth-order valence-electron chi connectivity index (χ4n) is 0.829. The maximum absolute atomic E-state index is 5.50. The molecule has 0 spiro atoms. The van der Waals surface area contributed by atoms with Crippen LogP contribution in [0.4, 0.5) is 5.82 Å². The Morgan fingerprint density at radius 3 is 2.91 bits per heavy atom. The number of aromatic nitrogens is 1. The van der Waals surface area contributed by atoms with E-state index in [1.807, 2.05) is 19.1 Å². The van der Waals surface area contributed by atoms with Gasteiger partial charge in [-0.25, -0.2) is 4.98 Å². The van der Waals surface area contributed by atoms with E-state index in [-0.39, 0.29) is 0 Å². The number of pyridine rings is 1. The van der Waals surface area contributed by atoms with Crippen LogP contribution in [-0.4, -0.2) is 4.98 Å². The molecule has 2 nitrogen and oxygen atoms in total. The van der Waals surface area contributed by atoms with Crippen molar-refractivity contribution in [1.82, 2.24) is 4.98 Å². The lowest BCUT2D eigenvalue weighted by Crippen LogP contribution is -1.93. The van der Waals surface area contributed by atoms with Crippen LogP contribution < -0.4 is 5.73 Å².